The highest BCUT2D eigenvalue weighted by Crippen LogP contribution is 2.03. The highest BCUT2D eigenvalue weighted by Gasteiger charge is 1.91. The van der Waals surface area contributed by atoms with Gasteiger partial charge in [0.05, 0.1) is 12.4 Å². The van der Waals surface area contributed by atoms with Crippen LogP contribution in [0.1, 0.15) is 0 Å². The number of hydrogen-bond donors (Lipinski definition) is 2. The lowest BCUT2D eigenvalue weighted by Gasteiger charge is -2.00. The summed E-state index contributed by atoms with van der Waals surface area (Å²) >= 11 is 5.52. The fraction of sp³-hybridized carbons (Fsp3) is 0.333. The van der Waals surface area contributed by atoms with Crippen molar-refractivity contribution < 1.29 is 0 Å². The number of nitrogens with zero attached hydrogens (tertiary/aromatic N) is 2. The first kappa shape index (κ1) is 8.23. The molecule has 0 aromatic carbocycles. The molecule has 0 saturated heterocycles. The molecule has 0 bridgehead atoms. The van der Waals surface area contributed by atoms with Gasteiger partial charge in [0.1, 0.15) is 11.0 Å². The van der Waals surface area contributed by atoms with Gasteiger partial charge in [0, 0.05) is 13.1 Å². The van der Waals surface area contributed by atoms with E-state index in [1.54, 1.807) is 6.20 Å². The molecule has 3 N–H and O–H groups in total. The van der Waals surface area contributed by atoms with Crippen molar-refractivity contribution in [1.82, 2.24) is 9.97 Å². The Morgan fingerprint density at radius 3 is 2.82 bits per heavy atom. The molecule has 1 rings (SSSR count). The summed E-state index contributed by atoms with van der Waals surface area (Å²) in [5.41, 5.74) is 5.27. The van der Waals surface area contributed by atoms with E-state index in [-0.39, 0.29) is 0 Å². The molecule has 60 valence electrons. The van der Waals surface area contributed by atoms with Gasteiger partial charge in [-0.1, -0.05) is 11.6 Å². The molecular weight excluding hydrogens is 164 g/mol. The Kier molecular flexibility index (Phi) is 3.07. The summed E-state index contributed by atoms with van der Waals surface area (Å²) in [7, 11) is 0. The Hall–Kier alpha value is -0.870. The second kappa shape index (κ2) is 4.10. The van der Waals surface area contributed by atoms with Crippen LogP contribution in [0, 0.1) is 0 Å². The summed E-state index contributed by atoms with van der Waals surface area (Å²) in [6, 6.07) is 0. The molecule has 5 heteroatoms. The van der Waals surface area contributed by atoms with Gasteiger partial charge in [-0.25, -0.2) is 9.97 Å². The largest absolute Gasteiger partial charge is 0.368 e. The van der Waals surface area contributed by atoms with Gasteiger partial charge >= 0.3 is 0 Å². The average Bonchev–Trinajstić information content (AvgIpc) is 2.04. The summed E-state index contributed by atoms with van der Waals surface area (Å²) in [6.07, 6.45) is 3.05. The van der Waals surface area contributed by atoms with Crippen molar-refractivity contribution >= 4 is 17.4 Å². The van der Waals surface area contributed by atoms with E-state index in [0.717, 1.165) is 0 Å². The van der Waals surface area contributed by atoms with Crippen LogP contribution in [0.25, 0.3) is 0 Å². The van der Waals surface area contributed by atoms with Gasteiger partial charge in [-0.3, -0.25) is 0 Å². The lowest BCUT2D eigenvalue weighted by Crippen LogP contribution is -2.13. The molecule has 0 aliphatic carbocycles. The van der Waals surface area contributed by atoms with Crippen LogP contribution in [-0.2, 0) is 0 Å². The van der Waals surface area contributed by atoms with Crippen molar-refractivity contribution in [3.8, 4) is 0 Å². The van der Waals surface area contributed by atoms with Gasteiger partial charge in [-0.15, -0.1) is 0 Å². The summed E-state index contributed by atoms with van der Waals surface area (Å²) in [5, 5.41) is 3.36. The van der Waals surface area contributed by atoms with Crippen LogP contribution in [0.3, 0.4) is 0 Å². The molecule has 1 aromatic heterocycles. The minimum Gasteiger partial charge on any atom is -0.368 e. The Morgan fingerprint density at radius 2 is 2.27 bits per heavy atom. The Labute approximate surface area is 69.8 Å². The molecule has 0 aliphatic heterocycles. The standard InChI is InChI=1S/C6H9ClN4/c7-5-3-11-6(4-10-5)9-2-1-8/h3-4H,1-2,8H2,(H,9,11). The maximum absolute atomic E-state index is 5.52. The highest BCUT2D eigenvalue weighted by atomic mass is 35.5. The Bertz CT molecular complexity index is 210. The van der Waals surface area contributed by atoms with E-state index in [1.807, 2.05) is 0 Å². The van der Waals surface area contributed by atoms with Gasteiger partial charge in [0.25, 0.3) is 0 Å². The van der Waals surface area contributed by atoms with E-state index in [2.05, 4.69) is 15.3 Å². The summed E-state index contributed by atoms with van der Waals surface area (Å²) in [5.74, 6) is 0.694. The van der Waals surface area contributed by atoms with Crippen molar-refractivity contribution in [3.63, 3.8) is 0 Å². The number of hydrogen-bond acceptors (Lipinski definition) is 4. The van der Waals surface area contributed by atoms with Crippen LogP contribution >= 0.6 is 11.6 Å². The second-order valence-corrected chi connectivity index (χ2v) is 2.33. The number of anilines is 1. The molecule has 11 heavy (non-hydrogen) atoms. The van der Waals surface area contributed by atoms with Gasteiger partial charge < -0.3 is 11.1 Å². The topological polar surface area (TPSA) is 63.8 Å². The smallest absolute Gasteiger partial charge is 0.147 e. The van der Waals surface area contributed by atoms with Crippen LogP contribution in [0.4, 0.5) is 5.82 Å². The zero-order valence-electron chi connectivity index (χ0n) is 5.92. The predicted octanol–water partition coefficient (Wildman–Crippen LogP) is 0.501. The molecule has 0 amide bonds. The molecule has 4 nitrogen and oxygen atoms in total. The maximum Gasteiger partial charge on any atom is 0.147 e. The minimum absolute atomic E-state index is 0.392. The zero-order valence-corrected chi connectivity index (χ0v) is 6.67. The highest BCUT2D eigenvalue weighted by molar-refractivity contribution is 6.29. The van der Waals surface area contributed by atoms with E-state index in [0.29, 0.717) is 24.1 Å². The van der Waals surface area contributed by atoms with Crippen LogP contribution in [0.15, 0.2) is 12.4 Å². The molecule has 0 aliphatic rings. The number of nitrogens with two attached hydrogens (primary N) is 1. The summed E-state index contributed by atoms with van der Waals surface area (Å²) < 4.78 is 0. The molecule has 0 saturated carbocycles. The van der Waals surface area contributed by atoms with Crippen molar-refractivity contribution in [3.05, 3.63) is 17.5 Å². The first-order chi connectivity index (χ1) is 5.33. The van der Waals surface area contributed by atoms with Gasteiger partial charge in [-0.05, 0) is 0 Å². The quantitative estimate of drug-likeness (QED) is 0.697. The van der Waals surface area contributed by atoms with Crippen LogP contribution in [-0.4, -0.2) is 23.1 Å². The monoisotopic (exact) mass is 172 g/mol. The second-order valence-electron chi connectivity index (χ2n) is 1.94. The SMILES string of the molecule is NCCNc1cnc(Cl)cn1. The third kappa shape index (κ3) is 2.69. The number of aromatic nitrogens is 2. The summed E-state index contributed by atoms with van der Waals surface area (Å²) in [4.78, 5) is 7.79. The molecule has 0 atom stereocenters. The zero-order chi connectivity index (χ0) is 8.10. The van der Waals surface area contributed by atoms with Crippen LogP contribution < -0.4 is 11.1 Å². The van der Waals surface area contributed by atoms with Crippen molar-refractivity contribution in [2.75, 3.05) is 18.4 Å². The molecular formula is C6H9ClN4. The van der Waals surface area contributed by atoms with E-state index < -0.39 is 0 Å². The fourth-order valence-corrected chi connectivity index (χ4v) is 0.701. The van der Waals surface area contributed by atoms with E-state index in [9.17, 15) is 0 Å². The fourth-order valence-electron chi connectivity index (χ4n) is 0.604. The third-order valence-corrected chi connectivity index (χ3v) is 1.27. The average molecular weight is 173 g/mol. The first-order valence-corrected chi connectivity index (χ1v) is 3.62. The molecule has 1 heterocycles. The van der Waals surface area contributed by atoms with Crippen LogP contribution in [0.2, 0.25) is 5.15 Å². The first-order valence-electron chi connectivity index (χ1n) is 3.24. The number of halogens is 1. The Balaban J connectivity index is 2.52. The van der Waals surface area contributed by atoms with E-state index in [4.69, 9.17) is 17.3 Å². The normalized spacial score (nSPS) is 9.64. The van der Waals surface area contributed by atoms with Gasteiger partial charge in [0.15, 0.2) is 0 Å². The third-order valence-electron chi connectivity index (χ3n) is 1.07. The van der Waals surface area contributed by atoms with Crippen molar-refractivity contribution in [2.45, 2.75) is 0 Å². The molecule has 1 aromatic rings. The lowest BCUT2D eigenvalue weighted by atomic mass is 10.6. The molecule has 0 fully saturated rings. The number of nitrogens with one attached hydrogen (secondary N) is 1. The Morgan fingerprint density at radius 1 is 1.45 bits per heavy atom. The van der Waals surface area contributed by atoms with Crippen LogP contribution in [0.5, 0.6) is 0 Å². The molecule has 0 radical (unpaired) electrons. The van der Waals surface area contributed by atoms with Crippen molar-refractivity contribution in [2.24, 2.45) is 5.73 Å². The lowest BCUT2D eigenvalue weighted by molar-refractivity contribution is 1.00. The van der Waals surface area contributed by atoms with E-state index in [1.165, 1.54) is 6.20 Å². The molecule has 0 unspecified atom stereocenters. The summed E-state index contributed by atoms with van der Waals surface area (Å²) in [6.45, 7) is 1.26. The van der Waals surface area contributed by atoms with Gasteiger partial charge in [0.2, 0.25) is 0 Å². The van der Waals surface area contributed by atoms with Gasteiger partial charge in [-0.2, -0.15) is 0 Å². The molecule has 0 spiro atoms. The number of rotatable bonds is 3. The predicted molar refractivity (Wildman–Crippen MR) is 44.6 cm³/mol. The minimum atomic E-state index is 0.392. The van der Waals surface area contributed by atoms with Crippen molar-refractivity contribution in [1.29, 1.82) is 0 Å². The van der Waals surface area contributed by atoms with E-state index >= 15 is 0 Å². The maximum atomic E-state index is 5.52.